The predicted octanol–water partition coefficient (Wildman–Crippen LogP) is 3.10. The Kier molecular flexibility index (Phi) is 3.96. The summed E-state index contributed by atoms with van der Waals surface area (Å²) in [6, 6.07) is 9.99. The molecule has 6 heteroatoms. The van der Waals surface area contributed by atoms with Crippen molar-refractivity contribution in [2.24, 2.45) is 0 Å². The van der Waals surface area contributed by atoms with Gasteiger partial charge in [-0.2, -0.15) is 5.10 Å². The average Bonchev–Trinajstić information content (AvgIpc) is 3.05. The number of nitrogens with zero attached hydrogens (tertiary/aromatic N) is 4. The second kappa shape index (κ2) is 6.26. The van der Waals surface area contributed by atoms with Gasteiger partial charge in [-0.1, -0.05) is 24.2 Å². The average molecular weight is 340 g/mol. The fourth-order valence-corrected chi connectivity index (χ4v) is 3.32. The number of nitrogens with one attached hydrogen (secondary N) is 1. The van der Waals surface area contributed by atoms with Crippen molar-refractivity contribution < 1.29 is 0 Å². The van der Waals surface area contributed by atoms with Crippen LogP contribution in [0.5, 0.6) is 0 Å². The van der Waals surface area contributed by atoms with E-state index in [2.05, 4.69) is 39.0 Å². The van der Waals surface area contributed by atoms with Crippen molar-refractivity contribution in [3.8, 4) is 11.3 Å². The van der Waals surface area contributed by atoms with Crippen LogP contribution in [-0.2, 0) is 0 Å². The van der Waals surface area contributed by atoms with Crippen molar-refractivity contribution in [2.75, 3.05) is 31.1 Å². The number of halogens is 1. The summed E-state index contributed by atoms with van der Waals surface area (Å²) in [5, 5.41) is 8.66. The van der Waals surface area contributed by atoms with E-state index in [0.717, 1.165) is 59.5 Å². The number of benzene rings is 1. The Bertz CT molecular complexity index is 896. The lowest BCUT2D eigenvalue weighted by atomic mass is 10.1. The number of imidazole rings is 1. The van der Waals surface area contributed by atoms with Gasteiger partial charge in [-0.15, -0.1) is 0 Å². The van der Waals surface area contributed by atoms with Gasteiger partial charge < -0.3 is 10.2 Å². The van der Waals surface area contributed by atoms with E-state index < -0.39 is 0 Å². The molecule has 1 aliphatic heterocycles. The lowest BCUT2D eigenvalue weighted by Crippen LogP contribution is -2.43. The number of aromatic nitrogens is 3. The number of fused-ring (bicyclic) bond motifs is 1. The van der Waals surface area contributed by atoms with Gasteiger partial charge in [-0.3, -0.25) is 0 Å². The minimum absolute atomic E-state index is 0.754. The first kappa shape index (κ1) is 15.2. The molecule has 0 bridgehead atoms. The number of hydrogen-bond donors (Lipinski definition) is 1. The first-order valence-electron chi connectivity index (χ1n) is 7.99. The van der Waals surface area contributed by atoms with E-state index in [-0.39, 0.29) is 0 Å². The van der Waals surface area contributed by atoms with E-state index in [1.54, 1.807) is 6.08 Å². The summed E-state index contributed by atoms with van der Waals surface area (Å²) in [5.41, 5.74) is 4.61. The largest absolute Gasteiger partial charge is 0.368 e. The Labute approximate surface area is 145 Å². The summed E-state index contributed by atoms with van der Waals surface area (Å²) >= 11 is 6.56. The molecule has 0 unspecified atom stereocenters. The summed E-state index contributed by atoms with van der Waals surface area (Å²) in [7, 11) is 0. The highest BCUT2D eigenvalue weighted by Gasteiger charge is 2.15. The maximum absolute atomic E-state index is 6.56. The van der Waals surface area contributed by atoms with Crippen molar-refractivity contribution in [1.29, 1.82) is 0 Å². The van der Waals surface area contributed by atoms with Gasteiger partial charge in [-0.25, -0.2) is 9.50 Å². The fraction of sp³-hybridized carbons (Fsp3) is 0.222. The van der Waals surface area contributed by atoms with Crippen LogP contribution in [0, 0.1) is 0 Å². The second-order valence-corrected chi connectivity index (χ2v) is 6.19. The number of rotatable bonds is 3. The molecule has 4 rings (SSSR count). The normalized spacial score (nSPS) is 15.0. The van der Waals surface area contributed by atoms with Crippen molar-refractivity contribution in [2.45, 2.75) is 0 Å². The maximum atomic E-state index is 6.56. The molecule has 1 aliphatic rings. The minimum atomic E-state index is 0.754. The van der Waals surface area contributed by atoms with Crippen LogP contribution < -0.4 is 10.2 Å². The molecule has 0 aliphatic carbocycles. The lowest BCUT2D eigenvalue weighted by Gasteiger charge is -2.30. The third kappa shape index (κ3) is 2.66. The quantitative estimate of drug-likeness (QED) is 0.796. The van der Waals surface area contributed by atoms with Gasteiger partial charge in [0.25, 0.3) is 0 Å². The molecule has 24 heavy (non-hydrogen) atoms. The van der Waals surface area contributed by atoms with Gasteiger partial charge in [0.05, 0.1) is 28.3 Å². The first-order valence-corrected chi connectivity index (χ1v) is 8.37. The molecule has 0 radical (unpaired) electrons. The summed E-state index contributed by atoms with van der Waals surface area (Å²) in [4.78, 5) is 6.73. The Balaban J connectivity index is 1.74. The van der Waals surface area contributed by atoms with E-state index >= 15 is 0 Å². The lowest BCUT2D eigenvalue weighted by molar-refractivity contribution is 0.589. The molecule has 1 aromatic carbocycles. The number of hydrogen-bond acceptors (Lipinski definition) is 4. The van der Waals surface area contributed by atoms with Crippen LogP contribution in [0.1, 0.15) is 5.69 Å². The molecule has 5 nitrogen and oxygen atoms in total. The van der Waals surface area contributed by atoms with Gasteiger partial charge in [-0.05, 0) is 30.3 Å². The molecule has 3 heterocycles. The smallest absolute Gasteiger partial charge is 0.154 e. The molecule has 2 aromatic heterocycles. The van der Waals surface area contributed by atoms with Gasteiger partial charge >= 0.3 is 0 Å². The van der Waals surface area contributed by atoms with Crippen molar-refractivity contribution >= 4 is 29.0 Å². The molecule has 0 saturated carbocycles. The van der Waals surface area contributed by atoms with E-state index in [1.807, 2.05) is 28.9 Å². The van der Waals surface area contributed by atoms with Gasteiger partial charge in [0.1, 0.15) is 0 Å². The highest BCUT2D eigenvalue weighted by Crippen LogP contribution is 2.31. The minimum Gasteiger partial charge on any atom is -0.368 e. The zero-order valence-electron chi connectivity index (χ0n) is 13.2. The van der Waals surface area contributed by atoms with Crippen LogP contribution in [0.3, 0.4) is 0 Å². The van der Waals surface area contributed by atoms with E-state index in [0.29, 0.717) is 0 Å². The Morgan fingerprint density at radius 1 is 1.17 bits per heavy atom. The zero-order valence-corrected chi connectivity index (χ0v) is 14.0. The molecule has 0 atom stereocenters. The van der Waals surface area contributed by atoms with Gasteiger partial charge in [0.15, 0.2) is 5.65 Å². The molecule has 1 N–H and O–H groups in total. The van der Waals surface area contributed by atoms with Crippen LogP contribution in [0.15, 0.2) is 43.1 Å². The molecule has 3 aromatic rings. The van der Waals surface area contributed by atoms with Crippen LogP contribution in [-0.4, -0.2) is 40.8 Å². The van der Waals surface area contributed by atoms with Crippen LogP contribution in [0.4, 0.5) is 5.69 Å². The van der Waals surface area contributed by atoms with Crippen molar-refractivity contribution in [3.63, 3.8) is 0 Å². The standard InChI is InChI=1S/C18H18ClN5/c1-2-14-4-6-18-21-12-17(24(18)22-14)13-3-5-16(15(19)11-13)23-9-7-20-8-10-23/h2-6,11-12,20H,1,7-10H2. The third-order valence-corrected chi connectivity index (χ3v) is 4.60. The summed E-state index contributed by atoms with van der Waals surface area (Å²) in [6.07, 6.45) is 3.55. The first-order chi connectivity index (χ1) is 11.8. The van der Waals surface area contributed by atoms with Crippen LogP contribution >= 0.6 is 11.6 Å². The second-order valence-electron chi connectivity index (χ2n) is 5.78. The summed E-state index contributed by atoms with van der Waals surface area (Å²) in [5.74, 6) is 0. The van der Waals surface area contributed by atoms with Crippen molar-refractivity contribution in [3.05, 3.63) is 53.8 Å². The number of anilines is 1. The zero-order chi connectivity index (χ0) is 16.5. The van der Waals surface area contributed by atoms with E-state index in [1.165, 1.54) is 0 Å². The SMILES string of the molecule is C=Cc1ccc2ncc(-c3ccc(N4CCNCC4)c(Cl)c3)n2n1. The topological polar surface area (TPSA) is 45.5 Å². The van der Waals surface area contributed by atoms with Gasteiger partial charge in [0.2, 0.25) is 0 Å². The molecular weight excluding hydrogens is 322 g/mol. The fourth-order valence-electron chi connectivity index (χ4n) is 3.02. The van der Waals surface area contributed by atoms with E-state index in [4.69, 9.17) is 11.6 Å². The van der Waals surface area contributed by atoms with Crippen molar-refractivity contribution in [1.82, 2.24) is 19.9 Å². The summed E-state index contributed by atoms with van der Waals surface area (Å²) in [6.45, 7) is 7.69. The number of piperazine rings is 1. The molecule has 122 valence electrons. The van der Waals surface area contributed by atoms with E-state index in [9.17, 15) is 0 Å². The van der Waals surface area contributed by atoms with Crippen LogP contribution in [0.2, 0.25) is 5.02 Å². The molecule has 1 fully saturated rings. The van der Waals surface area contributed by atoms with Crippen LogP contribution in [0.25, 0.3) is 23.0 Å². The Hall–Kier alpha value is -2.37. The highest BCUT2D eigenvalue weighted by molar-refractivity contribution is 6.33. The molecular formula is C18H18ClN5. The predicted molar refractivity (Wildman–Crippen MR) is 98.6 cm³/mol. The monoisotopic (exact) mass is 339 g/mol. The third-order valence-electron chi connectivity index (χ3n) is 4.29. The molecule has 0 amide bonds. The maximum Gasteiger partial charge on any atom is 0.154 e. The highest BCUT2D eigenvalue weighted by atomic mass is 35.5. The Morgan fingerprint density at radius 3 is 2.75 bits per heavy atom. The molecule has 1 saturated heterocycles. The Morgan fingerprint density at radius 2 is 2.00 bits per heavy atom. The molecule has 0 spiro atoms. The summed E-state index contributed by atoms with van der Waals surface area (Å²) < 4.78 is 1.83. The van der Waals surface area contributed by atoms with Gasteiger partial charge in [0, 0.05) is 31.7 Å².